The van der Waals surface area contributed by atoms with Crippen molar-refractivity contribution in [3.8, 4) is 0 Å². The molecule has 0 aromatic heterocycles. The van der Waals surface area contributed by atoms with E-state index in [0.29, 0.717) is 6.42 Å². The summed E-state index contributed by atoms with van der Waals surface area (Å²) >= 11 is 0. The summed E-state index contributed by atoms with van der Waals surface area (Å²) in [6.07, 6.45) is 36.5. The lowest BCUT2D eigenvalue weighted by atomic mass is 9.99. The fraction of sp³-hybridized carbons (Fsp3) is 0.891. The first kappa shape index (κ1) is 51.7. The van der Waals surface area contributed by atoms with Gasteiger partial charge in [0, 0.05) is 6.42 Å². The van der Waals surface area contributed by atoms with Crippen molar-refractivity contribution in [2.45, 2.75) is 249 Å². The number of hydrogen-bond acceptors (Lipinski definition) is 8. The molecule has 1 aliphatic rings. The lowest BCUT2D eigenvalue weighted by Crippen LogP contribution is -2.60. The summed E-state index contributed by atoms with van der Waals surface area (Å²) in [5.41, 5.74) is 0. The van der Waals surface area contributed by atoms with Crippen LogP contribution in [0.3, 0.4) is 0 Å². The smallest absolute Gasteiger partial charge is 0.220 e. The summed E-state index contributed by atoms with van der Waals surface area (Å²) in [5.74, 6) is -0.185. The number of aliphatic hydroxyl groups excluding tert-OH is 5. The van der Waals surface area contributed by atoms with E-state index in [1.165, 1.54) is 148 Å². The number of ether oxygens (including phenoxy) is 2. The molecule has 0 saturated carbocycles. The third-order valence-electron chi connectivity index (χ3n) is 11.0. The zero-order chi connectivity index (χ0) is 40.2. The molecule has 0 bridgehead atoms. The first-order valence-electron chi connectivity index (χ1n) is 23.1. The Labute approximate surface area is 337 Å². The summed E-state index contributed by atoms with van der Waals surface area (Å²) in [7, 11) is 0. The minimum Gasteiger partial charge on any atom is -0.394 e. The zero-order valence-corrected chi connectivity index (χ0v) is 35.4. The summed E-state index contributed by atoms with van der Waals surface area (Å²) in [6.45, 7) is 3.76. The quantitative estimate of drug-likeness (QED) is 0.0268. The molecule has 6 N–H and O–H groups in total. The number of carbonyl (C=O) groups is 1. The minimum absolute atomic E-state index is 0.185. The predicted octanol–water partition coefficient (Wildman–Crippen LogP) is 9.50. The highest BCUT2D eigenvalue weighted by Crippen LogP contribution is 2.22. The molecule has 0 aromatic carbocycles. The Balaban J connectivity index is 2.38. The van der Waals surface area contributed by atoms with Crippen LogP contribution >= 0.6 is 0 Å². The fourth-order valence-corrected chi connectivity index (χ4v) is 7.29. The van der Waals surface area contributed by atoms with Crippen LogP contribution in [0, 0.1) is 0 Å². The van der Waals surface area contributed by atoms with E-state index in [1.54, 1.807) is 6.08 Å². The molecule has 1 fully saturated rings. The van der Waals surface area contributed by atoms with Crippen molar-refractivity contribution in [1.29, 1.82) is 0 Å². The Kier molecular flexibility index (Phi) is 34.7. The lowest BCUT2D eigenvalue weighted by molar-refractivity contribution is -0.302. The van der Waals surface area contributed by atoms with E-state index in [9.17, 15) is 30.3 Å². The standard InChI is InChI=1S/C46H87NO8/c1-3-5-7-9-11-13-15-17-19-20-22-23-25-27-29-31-33-35-40(49)39(38-54-46-45(53)44(52)43(51)41(37-48)55-46)47-42(50)36-34-32-30-28-26-24-21-18-16-14-12-10-8-6-4-2/h25,27,33,35,39-41,43-46,48-49,51-53H,3-24,26,28-32,34,36-38H2,1-2H3,(H,47,50)/b27-25+,35-33+. The molecule has 1 amide bonds. The Morgan fingerprint density at radius 2 is 1.04 bits per heavy atom. The Bertz CT molecular complexity index is 914. The van der Waals surface area contributed by atoms with Crippen molar-refractivity contribution < 1.29 is 39.8 Å². The molecular formula is C46H87NO8. The average molecular weight is 782 g/mol. The van der Waals surface area contributed by atoms with Crippen LogP contribution < -0.4 is 5.32 Å². The number of amides is 1. The van der Waals surface area contributed by atoms with Crippen molar-refractivity contribution in [3.63, 3.8) is 0 Å². The van der Waals surface area contributed by atoms with Crippen LogP contribution in [0.5, 0.6) is 0 Å². The highest BCUT2D eigenvalue weighted by Gasteiger charge is 2.44. The van der Waals surface area contributed by atoms with E-state index in [2.05, 4.69) is 31.3 Å². The second-order valence-corrected chi connectivity index (χ2v) is 16.2. The molecule has 55 heavy (non-hydrogen) atoms. The van der Waals surface area contributed by atoms with E-state index in [4.69, 9.17) is 9.47 Å². The second-order valence-electron chi connectivity index (χ2n) is 16.2. The van der Waals surface area contributed by atoms with Gasteiger partial charge in [-0.25, -0.2) is 0 Å². The Morgan fingerprint density at radius 1 is 0.600 bits per heavy atom. The molecule has 1 saturated heterocycles. The van der Waals surface area contributed by atoms with Crippen molar-refractivity contribution in [1.82, 2.24) is 5.32 Å². The largest absolute Gasteiger partial charge is 0.394 e. The van der Waals surface area contributed by atoms with Crippen LogP contribution in [-0.4, -0.2) is 87.5 Å². The van der Waals surface area contributed by atoms with Gasteiger partial charge in [-0.1, -0.05) is 192 Å². The van der Waals surface area contributed by atoms with E-state index in [0.717, 1.165) is 38.5 Å². The van der Waals surface area contributed by atoms with Crippen LogP contribution in [0.2, 0.25) is 0 Å². The molecule has 324 valence electrons. The van der Waals surface area contributed by atoms with Gasteiger partial charge in [-0.3, -0.25) is 4.79 Å². The van der Waals surface area contributed by atoms with Gasteiger partial charge in [0.2, 0.25) is 5.91 Å². The molecule has 1 rings (SSSR count). The molecule has 7 atom stereocenters. The van der Waals surface area contributed by atoms with Crippen molar-refractivity contribution >= 4 is 5.91 Å². The van der Waals surface area contributed by atoms with E-state index < -0.39 is 49.5 Å². The van der Waals surface area contributed by atoms with Crippen LogP contribution in [0.4, 0.5) is 0 Å². The third kappa shape index (κ3) is 27.9. The molecule has 0 aliphatic carbocycles. The molecule has 0 aromatic rings. The number of nitrogens with one attached hydrogen (secondary N) is 1. The van der Waals surface area contributed by atoms with Gasteiger partial charge in [0.25, 0.3) is 0 Å². The summed E-state index contributed by atoms with van der Waals surface area (Å²) < 4.78 is 11.2. The fourth-order valence-electron chi connectivity index (χ4n) is 7.29. The normalized spacial score (nSPS) is 21.5. The number of hydrogen-bond donors (Lipinski definition) is 6. The summed E-state index contributed by atoms with van der Waals surface area (Å²) in [6, 6.07) is -0.816. The lowest BCUT2D eigenvalue weighted by Gasteiger charge is -2.40. The topological polar surface area (TPSA) is 149 Å². The first-order chi connectivity index (χ1) is 26.8. The van der Waals surface area contributed by atoms with Crippen molar-refractivity contribution in [3.05, 3.63) is 24.3 Å². The molecule has 1 heterocycles. The Hall–Kier alpha value is -1.33. The highest BCUT2D eigenvalue weighted by atomic mass is 16.7. The van der Waals surface area contributed by atoms with E-state index >= 15 is 0 Å². The van der Waals surface area contributed by atoms with Gasteiger partial charge >= 0.3 is 0 Å². The van der Waals surface area contributed by atoms with Crippen molar-refractivity contribution in [2.24, 2.45) is 0 Å². The number of rotatable bonds is 38. The maximum atomic E-state index is 12.9. The molecule has 9 heteroatoms. The Morgan fingerprint density at radius 3 is 1.53 bits per heavy atom. The minimum atomic E-state index is -1.57. The van der Waals surface area contributed by atoms with Gasteiger partial charge in [-0.05, 0) is 32.1 Å². The molecule has 1 aliphatic heterocycles. The number of unbranched alkanes of at least 4 members (excludes halogenated alkanes) is 26. The van der Waals surface area contributed by atoms with E-state index in [1.807, 2.05) is 6.08 Å². The van der Waals surface area contributed by atoms with Crippen LogP contribution in [0.25, 0.3) is 0 Å². The summed E-state index contributed by atoms with van der Waals surface area (Å²) in [5, 5.41) is 54.1. The predicted molar refractivity (Wildman–Crippen MR) is 226 cm³/mol. The van der Waals surface area contributed by atoms with Gasteiger partial charge in [0.05, 0.1) is 25.4 Å². The summed E-state index contributed by atoms with van der Waals surface area (Å²) in [4.78, 5) is 12.9. The molecule has 9 nitrogen and oxygen atoms in total. The maximum absolute atomic E-state index is 12.9. The highest BCUT2D eigenvalue weighted by molar-refractivity contribution is 5.76. The van der Waals surface area contributed by atoms with Gasteiger partial charge in [0.1, 0.15) is 24.4 Å². The van der Waals surface area contributed by atoms with Gasteiger partial charge < -0.3 is 40.3 Å². The molecular weight excluding hydrogens is 695 g/mol. The van der Waals surface area contributed by atoms with Gasteiger partial charge in [-0.15, -0.1) is 0 Å². The van der Waals surface area contributed by atoms with Gasteiger partial charge in [0.15, 0.2) is 6.29 Å². The van der Waals surface area contributed by atoms with Crippen LogP contribution in [0.15, 0.2) is 24.3 Å². The van der Waals surface area contributed by atoms with E-state index in [-0.39, 0.29) is 12.5 Å². The zero-order valence-electron chi connectivity index (χ0n) is 35.4. The molecule has 0 radical (unpaired) electrons. The number of aliphatic hydroxyl groups is 5. The molecule has 0 spiro atoms. The van der Waals surface area contributed by atoms with Gasteiger partial charge in [-0.2, -0.15) is 0 Å². The first-order valence-corrected chi connectivity index (χ1v) is 23.1. The third-order valence-corrected chi connectivity index (χ3v) is 11.0. The number of allylic oxidation sites excluding steroid dienone is 3. The average Bonchev–Trinajstić information content (AvgIpc) is 3.18. The van der Waals surface area contributed by atoms with Crippen LogP contribution in [0.1, 0.15) is 206 Å². The SMILES string of the molecule is CCCCCCCCCCCCC/C=C/CC/C=C/C(O)C(COC1OC(CO)C(O)C(O)C1O)NC(=O)CCCCCCCCCCCCCCCCC. The second kappa shape index (κ2) is 37.0. The molecule has 7 unspecified atom stereocenters. The number of carbonyl (C=O) groups excluding carboxylic acids is 1. The monoisotopic (exact) mass is 782 g/mol. The maximum Gasteiger partial charge on any atom is 0.220 e. The van der Waals surface area contributed by atoms with Crippen LogP contribution in [-0.2, 0) is 14.3 Å². The van der Waals surface area contributed by atoms with Crippen molar-refractivity contribution in [2.75, 3.05) is 13.2 Å².